The SMILES string of the molecule is CC(=O)N[C@H]1[C@H](N)O[C@H](CO)C[C@@H]1O. The summed E-state index contributed by atoms with van der Waals surface area (Å²) in [6.07, 6.45) is -1.74. The third-order valence-electron chi connectivity index (χ3n) is 2.20. The topological polar surface area (TPSA) is 105 Å². The van der Waals surface area contributed by atoms with Crippen molar-refractivity contribution in [1.29, 1.82) is 0 Å². The normalized spacial score (nSPS) is 38.0. The van der Waals surface area contributed by atoms with Crippen LogP contribution in [0.4, 0.5) is 0 Å². The van der Waals surface area contributed by atoms with Crippen molar-refractivity contribution in [2.45, 2.75) is 37.8 Å². The number of carbonyl (C=O) groups is 1. The van der Waals surface area contributed by atoms with Gasteiger partial charge in [0, 0.05) is 13.3 Å². The summed E-state index contributed by atoms with van der Waals surface area (Å²) >= 11 is 0. The molecule has 1 fully saturated rings. The van der Waals surface area contributed by atoms with Crippen LogP contribution in [-0.4, -0.2) is 47.2 Å². The molecule has 1 heterocycles. The van der Waals surface area contributed by atoms with E-state index in [-0.39, 0.29) is 18.9 Å². The Morgan fingerprint density at radius 2 is 2.36 bits per heavy atom. The molecule has 0 aromatic rings. The van der Waals surface area contributed by atoms with Crippen LogP contribution < -0.4 is 11.1 Å². The Morgan fingerprint density at radius 1 is 1.71 bits per heavy atom. The third kappa shape index (κ3) is 2.65. The van der Waals surface area contributed by atoms with Crippen LogP contribution in [0.25, 0.3) is 0 Å². The minimum absolute atomic E-state index is 0.183. The highest BCUT2D eigenvalue weighted by Gasteiger charge is 2.35. The van der Waals surface area contributed by atoms with Gasteiger partial charge in [0.05, 0.1) is 24.9 Å². The monoisotopic (exact) mass is 204 g/mol. The van der Waals surface area contributed by atoms with Crippen LogP contribution in [-0.2, 0) is 9.53 Å². The molecule has 0 aromatic heterocycles. The highest BCUT2D eigenvalue weighted by atomic mass is 16.5. The predicted molar refractivity (Wildman–Crippen MR) is 48.2 cm³/mol. The molecule has 14 heavy (non-hydrogen) atoms. The van der Waals surface area contributed by atoms with Crippen LogP contribution in [0.5, 0.6) is 0 Å². The number of hydrogen-bond acceptors (Lipinski definition) is 5. The lowest BCUT2D eigenvalue weighted by molar-refractivity contribution is -0.140. The summed E-state index contributed by atoms with van der Waals surface area (Å²) in [6, 6.07) is -0.602. The van der Waals surface area contributed by atoms with Gasteiger partial charge in [-0.05, 0) is 0 Å². The average molecular weight is 204 g/mol. The van der Waals surface area contributed by atoms with Crippen LogP contribution >= 0.6 is 0 Å². The fraction of sp³-hybridized carbons (Fsp3) is 0.875. The van der Waals surface area contributed by atoms with Gasteiger partial charge in [0.15, 0.2) is 0 Å². The largest absolute Gasteiger partial charge is 0.394 e. The number of carbonyl (C=O) groups excluding carboxylic acids is 1. The molecule has 0 spiro atoms. The maximum absolute atomic E-state index is 10.8. The Hall–Kier alpha value is -0.690. The van der Waals surface area contributed by atoms with Crippen LogP contribution in [0.1, 0.15) is 13.3 Å². The first-order valence-corrected chi connectivity index (χ1v) is 4.51. The minimum atomic E-state index is -0.778. The predicted octanol–water partition coefficient (Wildman–Crippen LogP) is -2.08. The van der Waals surface area contributed by atoms with Gasteiger partial charge in [0.1, 0.15) is 6.23 Å². The van der Waals surface area contributed by atoms with Crippen molar-refractivity contribution in [2.75, 3.05) is 6.61 Å². The van der Waals surface area contributed by atoms with Crippen molar-refractivity contribution in [3.8, 4) is 0 Å². The molecule has 0 bridgehead atoms. The summed E-state index contributed by atoms with van der Waals surface area (Å²) in [5.41, 5.74) is 5.58. The molecular weight excluding hydrogens is 188 g/mol. The molecular formula is C8H16N2O4. The molecule has 0 aromatic carbocycles. The van der Waals surface area contributed by atoms with Gasteiger partial charge in [-0.15, -0.1) is 0 Å². The second kappa shape index (κ2) is 4.70. The van der Waals surface area contributed by atoms with Crippen LogP contribution in [0.2, 0.25) is 0 Å². The van der Waals surface area contributed by atoms with E-state index in [0.29, 0.717) is 0 Å². The summed E-state index contributed by atoms with van der Waals surface area (Å²) in [5.74, 6) is -0.268. The first-order valence-electron chi connectivity index (χ1n) is 4.51. The van der Waals surface area contributed by atoms with Crippen molar-refractivity contribution in [2.24, 2.45) is 5.73 Å². The van der Waals surface area contributed by atoms with E-state index in [2.05, 4.69) is 5.32 Å². The minimum Gasteiger partial charge on any atom is -0.394 e. The molecule has 0 saturated carbocycles. The molecule has 1 aliphatic rings. The Balaban J connectivity index is 2.55. The lowest BCUT2D eigenvalue weighted by atomic mass is 9.99. The Bertz CT molecular complexity index is 200. The highest BCUT2D eigenvalue weighted by Crippen LogP contribution is 2.17. The van der Waals surface area contributed by atoms with Crippen LogP contribution in [0, 0.1) is 0 Å². The Morgan fingerprint density at radius 3 is 2.79 bits per heavy atom. The summed E-state index contributed by atoms with van der Waals surface area (Å²) in [4.78, 5) is 10.8. The zero-order valence-electron chi connectivity index (χ0n) is 8.01. The smallest absolute Gasteiger partial charge is 0.217 e. The van der Waals surface area contributed by atoms with Crippen LogP contribution in [0.3, 0.4) is 0 Å². The van der Waals surface area contributed by atoms with E-state index in [1.165, 1.54) is 6.92 Å². The lowest BCUT2D eigenvalue weighted by Gasteiger charge is -2.37. The number of amides is 1. The molecule has 1 rings (SSSR count). The van der Waals surface area contributed by atoms with Gasteiger partial charge < -0.3 is 26.0 Å². The van der Waals surface area contributed by atoms with E-state index in [9.17, 15) is 9.90 Å². The molecule has 1 aliphatic heterocycles. The van der Waals surface area contributed by atoms with Crippen molar-refractivity contribution in [3.63, 3.8) is 0 Å². The van der Waals surface area contributed by atoms with Gasteiger partial charge in [0.2, 0.25) is 5.91 Å². The van der Waals surface area contributed by atoms with E-state index in [0.717, 1.165) is 0 Å². The Kier molecular flexibility index (Phi) is 3.82. The standard InChI is InChI=1S/C8H16N2O4/c1-4(12)10-7-6(13)2-5(3-11)14-8(7)9/h5-8,11,13H,2-3,9H2,1H3,(H,10,12)/t5-,6-,7+,8+/m0/s1. The van der Waals surface area contributed by atoms with E-state index in [1.54, 1.807) is 0 Å². The van der Waals surface area contributed by atoms with Crippen molar-refractivity contribution in [1.82, 2.24) is 5.32 Å². The molecule has 0 aliphatic carbocycles. The number of aliphatic hydroxyl groups excluding tert-OH is 2. The second-order valence-corrected chi connectivity index (χ2v) is 3.43. The average Bonchev–Trinajstić information content (AvgIpc) is 2.10. The van der Waals surface area contributed by atoms with Crippen molar-refractivity contribution < 1.29 is 19.7 Å². The Labute approximate surface area is 82.0 Å². The highest BCUT2D eigenvalue weighted by molar-refractivity contribution is 5.73. The molecule has 5 N–H and O–H groups in total. The summed E-state index contributed by atoms with van der Waals surface area (Å²) in [7, 11) is 0. The fourth-order valence-electron chi connectivity index (χ4n) is 1.53. The van der Waals surface area contributed by atoms with Gasteiger partial charge in [-0.3, -0.25) is 4.79 Å². The quantitative estimate of drug-likeness (QED) is 0.413. The van der Waals surface area contributed by atoms with Gasteiger partial charge >= 0.3 is 0 Å². The zero-order chi connectivity index (χ0) is 10.7. The molecule has 4 atom stereocenters. The molecule has 82 valence electrons. The maximum atomic E-state index is 10.8. The number of hydrogen-bond donors (Lipinski definition) is 4. The molecule has 6 nitrogen and oxygen atoms in total. The maximum Gasteiger partial charge on any atom is 0.217 e. The molecule has 0 unspecified atom stereocenters. The van der Waals surface area contributed by atoms with E-state index >= 15 is 0 Å². The molecule has 1 saturated heterocycles. The fourth-order valence-corrected chi connectivity index (χ4v) is 1.53. The number of aliphatic hydroxyl groups is 2. The van der Waals surface area contributed by atoms with Gasteiger partial charge in [-0.2, -0.15) is 0 Å². The lowest BCUT2D eigenvalue weighted by Crippen LogP contribution is -2.60. The van der Waals surface area contributed by atoms with Crippen molar-refractivity contribution in [3.05, 3.63) is 0 Å². The second-order valence-electron chi connectivity index (χ2n) is 3.43. The first kappa shape index (κ1) is 11.4. The molecule has 6 heteroatoms. The van der Waals surface area contributed by atoms with E-state index in [4.69, 9.17) is 15.6 Å². The first-order chi connectivity index (χ1) is 6.54. The number of rotatable bonds is 2. The molecule has 1 amide bonds. The number of nitrogens with two attached hydrogens (primary N) is 1. The van der Waals surface area contributed by atoms with Gasteiger partial charge in [0.25, 0.3) is 0 Å². The summed E-state index contributed by atoms with van der Waals surface area (Å²) in [6.45, 7) is 1.16. The summed E-state index contributed by atoms with van der Waals surface area (Å²) in [5, 5.41) is 20.9. The third-order valence-corrected chi connectivity index (χ3v) is 2.20. The molecule has 0 radical (unpaired) electrons. The zero-order valence-corrected chi connectivity index (χ0v) is 8.01. The van der Waals surface area contributed by atoms with Gasteiger partial charge in [-0.1, -0.05) is 0 Å². The van der Waals surface area contributed by atoms with E-state index in [1.807, 2.05) is 0 Å². The van der Waals surface area contributed by atoms with Crippen molar-refractivity contribution >= 4 is 5.91 Å². The van der Waals surface area contributed by atoms with Crippen LogP contribution in [0.15, 0.2) is 0 Å². The van der Waals surface area contributed by atoms with E-state index < -0.39 is 24.5 Å². The number of nitrogens with one attached hydrogen (secondary N) is 1. The number of ether oxygens (including phenoxy) is 1. The summed E-state index contributed by atoms with van der Waals surface area (Å²) < 4.78 is 5.17. The van der Waals surface area contributed by atoms with Gasteiger partial charge in [-0.25, -0.2) is 0 Å².